The number of amides is 1. The lowest BCUT2D eigenvalue weighted by Crippen LogP contribution is -2.37. The number of benzene rings is 2. The van der Waals surface area contributed by atoms with E-state index in [1.54, 1.807) is 7.05 Å². The second kappa shape index (κ2) is 11.2. The van der Waals surface area contributed by atoms with E-state index in [-0.39, 0.29) is 5.91 Å². The Morgan fingerprint density at radius 2 is 1.67 bits per heavy atom. The van der Waals surface area contributed by atoms with E-state index in [1.165, 1.54) is 5.56 Å². The van der Waals surface area contributed by atoms with E-state index in [9.17, 15) is 4.79 Å². The Labute approximate surface area is 166 Å². The minimum absolute atomic E-state index is 0.0497. The van der Waals surface area contributed by atoms with Gasteiger partial charge in [0.2, 0.25) is 5.91 Å². The van der Waals surface area contributed by atoms with Gasteiger partial charge in [0.05, 0.1) is 0 Å². The van der Waals surface area contributed by atoms with E-state index in [2.05, 4.69) is 20.9 Å². The number of halogens is 1. The lowest BCUT2D eigenvalue weighted by Gasteiger charge is -2.12. The number of aliphatic imine (C=N–C) groups is 1. The molecule has 0 fully saturated rings. The SMILES string of the molecule is CCCC(=O)Nc1ccc(CNC(=NC)NCCc2ccc(Cl)cc2)cc1. The van der Waals surface area contributed by atoms with Crippen LogP contribution in [0.15, 0.2) is 53.5 Å². The molecule has 5 nitrogen and oxygen atoms in total. The fraction of sp³-hybridized carbons (Fsp3) is 0.333. The maximum atomic E-state index is 11.6. The van der Waals surface area contributed by atoms with Crippen molar-refractivity contribution in [1.29, 1.82) is 0 Å². The predicted molar refractivity (Wildman–Crippen MR) is 113 cm³/mol. The zero-order chi connectivity index (χ0) is 19.5. The lowest BCUT2D eigenvalue weighted by atomic mass is 10.1. The van der Waals surface area contributed by atoms with Crippen molar-refractivity contribution in [3.8, 4) is 0 Å². The molecule has 0 saturated carbocycles. The van der Waals surface area contributed by atoms with Gasteiger partial charge in [-0.2, -0.15) is 0 Å². The summed E-state index contributed by atoms with van der Waals surface area (Å²) in [5.41, 5.74) is 3.16. The molecule has 0 atom stereocenters. The third kappa shape index (κ3) is 7.71. The van der Waals surface area contributed by atoms with Crippen molar-refractivity contribution < 1.29 is 4.79 Å². The molecule has 2 aromatic carbocycles. The summed E-state index contributed by atoms with van der Waals surface area (Å²) in [5.74, 6) is 0.804. The van der Waals surface area contributed by atoms with Gasteiger partial charge in [-0.15, -0.1) is 0 Å². The van der Waals surface area contributed by atoms with Crippen molar-refractivity contribution in [1.82, 2.24) is 10.6 Å². The molecule has 6 heteroatoms. The van der Waals surface area contributed by atoms with Crippen molar-refractivity contribution in [2.24, 2.45) is 4.99 Å². The number of nitrogens with zero attached hydrogens (tertiary/aromatic N) is 1. The van der Waals surface area contributed by atoms with Crippen LogP contribution in [0.3, 0.4) is 0 Å². The molecule has 144 valence electrons. The van der Waals surface area contributed by atoms with Crippen molar-refractivity contribution in [2.75, 3.05) is 18.9 Å². The van der Waals surface area contributed by atoms with Gasteiger partial charge in [-0.1, -0.05) is 42.8 Å². The minimum atomic E-state index is 0.0497. The summed E-state index contributed by atoms with van der Waals surface area (Å²) in [5, 5.41) is 10.2. The van der Waals surface area contributed by atoms with Crippen LogP contribution >= 0.6 is 11.6 Å². The van der Waals surface area contributed by atoms with Crippen LogP contribution in [0.2, 0.25) is 5.02 Å². The standard InChI is InChI=1S/C21H27ClN4O/c1-3-4-20(27)26-19-11-7-17(8-12-19)15-25-21(23-2)24-14-13-16-5-9-18(22)10-6-16/h5-12H,3-4,13-15H2,1-2H3,(H,26,27)(H2,23,24,25). The Hall–Kier alpha value is -2.53. The second-order valence-corrected chi connectivity index (χ2v) is 6.66. The minimum Gasteiger partial charge on any atom is -0.356 e. The molecule has 0 bridgehead atoms. The first kappa shape index (κ1) is 20.8. The number of rotatable bonds is 8. The number of guanidine groups is 1. The average molecular weight is 387 g/mol. The zero-order valence-corrected chi connectivity index (χ0v) is 16.6. The van der Waals surface area contributed by atoms with Gasteiger partial charge in [-0.25, -0.2) is 0 Å². The summed E-state index contributed by atoms with van der Waals surface area (Å²) in [4.78, 5) is 15.9. The number of nitrogens with one attached hydrogen (secondary N) is 3. The number of carbonyl (C=O) groups excluding carboxylic acids is 1. The molecule has 0 aliphatic heterocycles. The van der Waals surface area contributed by atoms with Crippen molar-refractivity contribution in [3.63, 3.8) is 0 Å². The van der Waals surface area contributed by atoms with Gasteiger partial charge in [0.15, 0.2) is 5.96 Å². The molecule has 27 heavy (non-hydrogen) atoms. The normalized spacial score (nSPS) is 11.1. The molecule has 0 heterocycles. The van der Waals surface area contributed by atoms with Gasteiger partial charge >= 0.3 is 0 Å². The molecule has 3 N–H and O–H groups in total. The Balaban J connectivity index is 1.74. The summed E-state index contributed by atoms with van der Waals surface area (Å²) in [6.07, 6.45) is 2.28. The Morgan fingerprint density at radius 3 is 2.30 bits per heavy atom. The van der Waals surface area contributed by atoms with Crippen LogP contribution in [0.1, 0.15) is 30.9 Å². The van der Waals surface area contributed by atoms with Crippen LogP contribution < -0.4 is 16.0 Å². The summed E-state index contributed by atoms with van der Waals surface area (Å²) in [7, 11) is 1.75. The zero-order valence-electron chi connectivity index (χ0n) is 15.9. The van der Waals surface area contributed by atoms with Crippen molar-refractivity contribution in [2.45, 2.75) is 32.7 Å². The lowest BCUT2D eigenvalue weighted by molar-refractivity contribution is -0.116. The van der Waals surface area contributed by atoms with E-state index in [4.69, 9.17) is 11.6 Å². The second-order valence-electron chi connectivity index (χ2n) is 6.22. The summed E-state index contributed by atoms with van der Waals surface area (Å²) < 4.78 is 0. The first-order chi connectivity index (χ1) is 13.1. The first-order valence-corrected chi connectivity index (χ1v) is 9.56. The maximum absolute atomic E-state index is 11.6. The van der Waals surface area contributed by atoms with Gasteiger partial charge in [-0.05, 0) is 48.2 Å². The molecule has 2 aromatic rings. The van der Waals surface area contributed by atoms with E-state index in [0.717, 1.165) is 41.6 Å². The maximum Gasteiger partial charge on any atom is 0.224 e. The monoisotopic (exact) mass is 386 g/mol. The largest absolute Gasteiger partial charge is 0.356 e. The molecule has 0 unspecified atom stereocenters. The molecular formula is C21H27ClN4O. The van der Waals surface area contributed by atoms with E-state index in [0.29, 0.717) is 13.0 Å². The Morgan fingerprint density at radius 1 is 1.00 bits per heavy atom. The molecule has 0 saturated heterocycles. The summed E-state index contributed by atoms with van der Waals surface area (Å²) in [6.45, 7) is 3.43. The van der Waals surface area contributed by atoms with Crippen LogP contribution in [0.25, 0.3) is 0 Å². The first-order valence-electron chi connectivity index (χ1n) is 9.18. The predicted octanol–water partition coefficient (Wildman–Crippen LogP) is 3.99. The van der Waals surface area contributed by atoms with Crippen LogP contribution in [-0.2, 0) is 17.8 Å². The van der Waals surface area contributed by atoms with Gasteiger partial charge in [0.1, 0.15) is 0 Å². The highest BCUT2D eigenvalue weighted by molar-refractivity contribution is 6.30. The topological polar surface area (TPSA) is 65.5 Å². The molecule has 0 radical (unpaired) electrons. The van der Waals surface area contributed by atoms with E-state index >= 15 is 0 Å². The molecule has 2 rings (SSSR count). The summed E-state index contributed by atoms with van der Waals surface area (Å²) >= 11 is 5.90. The average Bonchev–Trinajstić information content (AvgIpc) is 2.67. The number of hydrogen-bond acceptors (Lipinski definition) is 2. The van der Waals surface area contributed by atoms with Crippen molar-refractivity contribution >= 4 is 29.2 Å². The highest BCUT2D eigenvalue weighted by Crippen LogP contribution is 2.11. The van der Waals surface area contributed by atoms with E-state index < -0.39 is 0 Å². The number of carbonyl (C=O) groups is 1. The molecule has 0 spiro atoms. The van der Waals surface area contributed by atoms with Gasteiger partial charge in [0, 0.05) is 37.3 Å². The van der Waals surface area contributed by atoms with Crippen LogP contribution in [0.4, 0.5) is 5.69 Å². The van der Waals surface area contributed by atoms with Crippen molar-refractivity contribution in [3.05, 3.63) is 64.7 Å². The Kier molecular flexibility index (Phi) is 8.65. The van der Waals surface area contributed by atoms with Gasteiger partial charge in [-0.3, -0.25) is 9.79 Å². The molecule has 0 aromatic heterocycles. The molecule has 1 amide bonds. The summed E-state index contributed by atoms with van der Waals surface area (Å²) in [6, 6.07) is 15.7. The third-order valence-electron chi connectivity index (χ3n) is 4.02. The van der Waals surface area contributed by atoms with Crippen LogP contribution in [0, 0.1) is 0 Å². The van der Waals surface area contributed by atoms with Crippen LogP contribution in [-0.4, -0.2) is 25.5 Å². The molecule has 0 aliphatic carbocycles. The van der Waals surface area contributed by atoms with Gasteiger partial charge in [0.25, 0.3) is 0 Å². The molecular weight excluding hydrogens is 360 g/mol. The molecule has 0 aliphatic rings. The van der Waals surface area contributed by atoms with Crippen LogP contribution in [0.5, 0.6) is 0 Å². The highest BCUT2D eigenvalue weighted by Gasteiger charge is 2.02. The third-order valence-corrected chi connectivity index (χ3v) is 4.27. The Bertz CT molecular complexity index is 742. The van der Waals surface area contributed by atoms with Gasteiger partial charge < -0.3 is 16.0 Å². The number of anilines is 1. The fourth-order valence-corrected chi connectivity index (χ4v) is 2.67. The fourth-order valence-electron chi connectivity index (χ4n) is 2.54. The van der Waals surface area contributed by atoms with E-state index in [1.807, 2.05) is 55.5 Å². The highest BCUT2D eigenvalue weighted by atomic mass is 35.5. The quantitative estimate of drug-likeness (QED) is 0.474. The smallest absolute Gasteiger partial charge is 0.224 e. The number of hydrogen-bond donors (Lipinski definition) is 3.